The summed E-state index contributed by atoms with van der Waals surface area (Å²) in [5.41, 5.74) is -5.31. The van der Waals surface area contributed by atoms with E-state index < -0.39 is 228 Å². The molecule has 0 aromatic heterocycles. The van der Waals surface area contributed by atoms with Crippen LogP contribution < -0.4 is 16.0 Å². The molecule has 1 spiro atoms. The fourth-order valence-electron chi connectivity index (χ4n) is 15.4. The van der Waals surface area contributed by atoms with Crippen molar-refractivity contribution in [2.75, 3.05) is 96.3 Å². The van der Waals surface area contributed by atoms with Gasteiger partial charge in [0, 0.05) is 96.0 Å². The van der Waals surface area contributed by atoms with Gasteiger partial charge < -0.3 is 69.5 Å². The molecular formula is C75H104F8N12O14. The van der Waals surface area contributed by atoms with Crippen LogP contribution in [-0.4, -0.2) is 277 Å². The number of hydrogen-bond acceptors (Lipinski definition) is 14. The number of carbonyl (C=O) groups excluding carboxylic acids is 12. The molecule has 0 unspecified atom stereocenters. The quantitative estimate of drug-likeness (QED) is 0.173. The topological polar surface area (TPSA) is 289 Å². The Morgan fingerprint density at radius 2 is 1.29 bits per heavy atom. The zero-order valence-electron chi connectivity index (χ0n) is 64.2. The van der Waals surface area contributed by atoms with E-state index >= 15 is 37.5 Å². The predicted molar refractivity (Wildman–Crippen MR) is 380 cm³/mol. The molecule has 0 radical (unpaired) electrons. The molecule has 2 aliphatic carbocycles. The average Bonchev–Trinajstić information content (AvgIpc) is 1.69. The van der Waals surface area contributed by atoms with Crippen LogP contribution in [0, 0.1) is 23.5 Å². The maximum Gasteiger partial charge on any atom is 0.422 e. The number of amides is 12. The zero-order chi connectivity index (χ0) is 81.1. The number of aryl methyl sites for hydroxylation is 1. The minimum atomic E-state index is -5.46. The van der Waals surface area contributed by atoms with E-state index in [0.717, 1.165) is 65.6 Å². The molecule has 2 saturated carbocycles. The molecule has 5 aliphatic rings. The molecular weight excluding hydrogens is 1440 g/mol. The molecule has 7 rings (SSSR count). The van der Waals surface area contributed by atoms with E-state index in [1.165, 1.54) is 73.2 Å². The van der Waals surface area contributed by atoms with E-state index in [4.69, 9.17) is 9.47 Å². The van der Waals surface area contributed by atoms with E-state index in [1.807, 2.05) is 0 Å². The number of hydrogen-bond donors (Lipinski definition) is 3. The molecule has 604 valence electrons. The summed E-state index contributed by atoms with van der Waals surface area (Å²) >= 11 is 0. The third-order valence-electron chi connectivity index (χ3n) is 22.0. The lowest BCUT2D eigenvalue weighted by atomic mass is 9.90. The van der Waals surface area contributed by atoms with Crippen molar-refractivity contribution in [2.45, 2.75) is 209 Å². The largest absolute Gasteiger partial charge is 0.422 e. The zero-order valence-corrected chi connectivity index (χ0v) is 64.2. The van der Waals surface area contributed by atoms with Crippen LogP contribution in [0.5, 0.6) is 0 Å². The van der Waals surface area contributed by atoms with Crippen LogP contribution in [0.25, 0.3) is 0 Å². The standard InChI is InChI=1S/C75H104F8N12O14/c1-14-43(3)61-70(105)89(8)42-59(98)90(9)53-25-17-16-22-34-94(69(53)104)56(37-45-26-29-48(30-27-45)74(78,79)80)68(103)88(7)41-57(96)84-52(31-28-46-35-50(76)60(51(77)36-46)75(81,82)83)66(101)95-40-49(109-15-2)38-54(95)64(99)86-73(32-20-21-33-73)72(107)93(12)63(47-23-18-19-24-47)71(106)91(10)55(67(102)87(5)6)39-58(97)92(11)62(44(4)108-13)65(100)85-61/h16-17,26-27,29-30,35-36,43-44,47,49,52-56,61-63H,14-15,18-25,28,31-34,37-42H2,1-13H3,(H,84,96)(H,85,100)(H,86,99)/b17-16-/t43-,44+,49+,52-,53-,54-,55-,56-,61-,62-,63-/m0/s1. The van der Waals surface area contributed by atoms with Crippen LogP contribution in [0.1, 0.15) is 140 Å². The third-order valence-corrected chi connectivity index (χ3v) is 22.0. The summed E-state index contributed by atoms with van der Waals surface area (Å²) in [4.78, 5) is 191. The van der Waals surface area contributed by atoms with Gasteiger partial charge in [-0.2, -0.15) is 26.3 Å². The predicted octanol–water partition coefficient (Wildman–Crippen LogP) is 5.12. The summed E-state index contributed by atoms with van der Waals surface area (Å²) in [6.07, 6.45) is -8.46. The fourth-order valence-corrected chi connectivity index (χ4v) is 15.4. The van der Waals surface area contributed by atoms with Crippen LogP contribution in [0.4, 0.5) is 35.1 Å². The number of fused-ring (bicyclic) bond motifs is 3. The molecule has 3 heterocycles. The summed E-state index contributed by atoms with van der Waals surface area (Å²) in [5, 5.41) is 8.26. The molecule has 4 fully saturated rings. The number of alkyl halides is 6. The Balaban J connectivity index is 1.36. The maximum atomic E-state index is 15.7. The van der Waals surface area contributed by atoms with Gasteiger partial charge >= 0.3 is 12.4 Å². The molecule has 12 amide bonds. The first-order valence-corrected chi connectivity index (χ1v) is 36.9. The van der Waals surface area contributed by atoms with Gasteiger partial charge in [-0.15, -0.1) is 0 Å². The van der Waals surface area contributed by atoms with Gasteiger partial charge in [-0.1, -0.05) is 70.2 Å². The van der Waals surface area contributed by atoms with E-state index in [1.54, 1.807) is 32.9 Å². The monoisotopic (exact) mass is 1550 g/mol. The number of ether oxygens (including phenoxy) is 2. The second kappa shape index (κ2) is 37.3. The highest BCUT2D eigenvalue weighted by Gasteiger charge is 2.53. The minimum absolute atomic E-state index is 0.0235. The number of likely N-dealkylation sites (N-methyl/N-ethyl adjacent to an activating group) is 7. The fraction of sp³-hybridized carbons (Fsp3) is 0.653. The Morgan fingerprint density at radius 3 is 1.86 bits per heavy atom. The first-order chi connectivity index (χ1) is 51.1. The Morgan fingerprint density at radius 1 is 0.679 bits per heavy atom. The van der Waals surface area contributed by atoms with E-state index in [0.29, 0.717) is 50.7 Å². The number of halogens is 8. The number of nitrogens with one attached hydrogen (secondary N) is 3. The maximum absolute atomic E-state index is 15.7. The number of rotatable bonds is 13. The SMILES string of the molecule is CCO[C@@H]1C[C@H]2C(=O)NC3(CCCC3)C(=O)N(C)[C@@H](C3CCCC3)C(=O)N(C)[C@H](C(=O)N(C)C)CC(=O)N(C)[C@@H]([C@@H](C)OC)C(=O)N[C@@H]([C@@H](C)CC)C(=O)N(C)CC(=O)N(C)[C@H]3C/C=C\CCN(C3=O)[C@@H](Cc3ccc(C(F)(F)F)cc3)C(=O)N(C)CC(=O)N[C@@H](CCc3cc(F)c(C(F)(F)F)c(F)c3)C(=O)N2C1. The average molecular weight is 1550 g/mol. The van der Waals surface area contributed by atoms with Crippen LogP contribution >= 0.6 is 0 Å². The van der Waals surface area contributed by atoms with Crippen molar-refractivity contribution >= 4 is 70.9 Å². The van der Waals surface area contributed by atoms with Gasteiger partial charge in [0.15, 0.2) is 0 Å². The normalized spacial score (nSPS) is 26.3. The molecule has 11 atom stereocenters. The minimum Gasteiger partial charge on any atom is -0.379 e. The van der Waals surface area contributed by atoms with Gasteiger partial charge in [0.2, 0.25) is 70.9 Å². The molecule has 3 N–H and O–H groups in total. The summed E-state index contributed by atoms with van der Waals surface area (Å²) in [5.74, 6) is -15.6. The molecule has 34 heteroatoms. The molecule has 2 aromatic carbocycles. The summed E-state index contributed by atoms with van der Waals surface area (Å²) in [6.45, 7) is 4.30. The highest BCUT2D eigenvalue weighted by molar-refractivity contribution is 6.01. The molecule has 2 saturated heterocycles. The van der Waals surface area contributed by atoms with Crippen molar-refractivity contribution in [1.29, 1.82) is 0 Å². The summed E-state index contributed by atoms with van der Waals surface area (Å²) in [7, 11) is 11.8. The molecule has 3 aliphatic heterocycles. The lowest BCUT2D eigenvalue weighted by molar-refractivity contribution is -0.156. The Labute approximate surface area is 630 Å². The van der Waals surface area contributed by atoms with Crippen molar-refractivity contribution in [1.82, 2.24) is 60.0 Å². The van der Waals surface area contributed by atoms with Gasteiger partial charge in [0.25, 0.3) is 0 Å². The molecule has 26 nitrogen and oxygen atoms in total. The van der Waals surface area contributed by atoms with Crippen molar-refractivity contribution in [3.8, 4) is 0 Å². The van der Waals surface area contributed by atoms with Crippen LogP contribution in [0.2, 0.25) is 0 Å². The summed E-state index contributed by atoms with van der Waals surface area (Å²) < 4.78 is 126. The van der Waals surface area contributed by atoms with Crippen molar-refractivity contribution in [3.63, 3.8) is 0 Å². The lowest BCUT2D eigenvalue weighted by Crippen LogP contribution is -2.65. The molecule has 2 aromatic rings. The van der Waals surface area contributed by atoms with Gasteiger partial charge in [-0.3, -0.25) is 57.5 Å². The number of carbonyl (C=O) groups is 12. The van der Waals surface area contributed by atoms with E-state index in [9.17, 15) is 55.1 Å². The van der Waals surface area contributed by atoms with Crippen LogP contribution in [-0.2, 0) is 92.2 Å². The second-order valence-corrected chi connectivity index (χ2v) is 29.6. The summed E-state index contributed by atoms with van der Waals surface area (Å²) in [6, 6.07) is -7.75. The number of benzene rings is 2. The van der Waals surface area contributed by atoms with E-state index in [2.05, 4.69) is 16.0 Å². The second-order valence-electron chi connectivity index (χ2n) is 29.6. The van der Waals surface area contributed by atoms with E-state index in [-0.39, 0.29) is 63.8 Å². The van der Waals surface area contributed by atoms with Gasteiger partial charge in [-0.25, -0.2) is 8.78 Å². The van der Waals surface area contributed by atoms with Crippen molar-refractivity contribution in [2.24, 2.45) is 11.8 Å². The van der Waals surface area contributed by atoms with Gasteiger partial charge in [-0.05, 0) is 112 Å². The first-order valence-electron chi connectivity index (χ1n) is 36.9. The smallest absolute Gasteiger partial charge is 0.379 e. The van der Waals surface area contributed by atoms with Crippen LogP contribution in [0.15, 0.2) is 48.6 Å². The van der Waals surface area contributed by atoms with Crippen molar-refractivity contribution < 1.29 is 102 Å². The Hall–Kier alpha value is -8.82. The number of methoxy groups -OCH3 is 1. The highest BCUT2D eigenvalue weighted by Crippen LogP contribution is 2.39. The van der Waals surface area contributed by atoms with Gasteiger partial charge in [0.1, 0.15) is 71.1 Å². The Bertz CT molecular complexity index is 3660. The molecule has 109 heavy (non-hydrogen) atoms. The third kappa shape index (κ3) is 20.8. The van der Waals surface area contributed by atoms with Gasteiger partial charge in [0.05, 0.1) is 37.3 Å². The highest BCUT2D eigenvalue weighted by atomic mass is 19.4. The molecule has 2 bridgehead atoms. The lowest BCUT2D eigenvalue weighted by Gasteiger charge is -2.42. The first kappa shape index (κ1) is 87.4. The number of nitrogens with zero attached hydrogens (tertiary/aromatic N) is 9. The van der Waals surface area contributed by atoms with Crippen LogP contribution in [0.3, 0.4) is 0 Å². The Kier molecular flexibility index (Phi) is 29.9. The van der Waals surface area contributed by atoms with Crippen molar-refractivity contribution in [3.05, 3.63) is 82.4 Å².